The predicted molar refractivity (Wildman–Crippen MR) is 80.8 cm³/mol. The van der Waals surface area contributed by atoms with E-state index in [1.165, 1.54) is 6.07 Å². The maximum Gasteiger partial charge on any atom is 0.252 e. The van der Waals surface area contributed by atoms with Gasteiger partial charge >= 0.3 is 0 Å². The van der Waals surface area contributed by atoms with Gasteiger partial charge in [0, 0.05) is 15.8 Å². The first-order valence-electron chi connectivity index (χ1n) is 6.58. The molecule has 0 radical (unpaired) electrons. The topological polar surface area (TPSA) is 29.1 Å². The van der Waals surface area contributed by atoms with E-state index in [0.29, 0.717) is 17.5 Å². The van der Waals surface area contributed by atoms with Gasteiger partial charge in [0.2, 0.25) is 0 Å². The number of hydrogen-bond donors (Lipinski definition) is 1. The lowest BCUT2D eigenvalue weighted by Gasteiger charge is -2.14. The molecule has 0 aliphatic rings. The number of benzene rings is 1. The first-order chi connectivity index (χ1) is 9.47. The van der Waals surface area contributed by atoms with Gasteiger partial charge in [-0.25, -0.2) is 4.39 Å². The molecule has 20 heavy (non-hydrogen) atoms. The van der Waals surface area contributed by atoms with Crippen molar-refractivity contribution in [3.8, 4) is 0 Å². The van der Waals surface area contributed by atoms with Gasteiger partial charge in [0.25, 0.3) is 5.91 Å². The Morgan fingerprint density at radius 1 is 1.35 bits per heavy atom. The smallest absolute Gasteiger partial charge is 0.252 e. The number of carbonyl (C=O) groups excluding carboxylic acids is 1. The van der Waals surface area contributed by atoms with Gasteiger partial charge in [0.1, 0.15) is 5.82 Å². The molecule has 1 aromatic heterocycles. The van der Waals surface area contributed by atoms with Crippen molar-refractivity contribution in [1.29, 1.82) is 0 Å². The third kappa shape index (κ3) is 3.45. The minimum atomic E-state index is -0.226. The molecule has 0 spiro atoms. The molecule has 1 aromatic carbocycles. The SMILES string of the molecule is Cc1cc(C(=O)NC(C)Cc2ccccc2F)c(C)s1. The van der Waals surface area contributed by atoms with E-state index in [4.69, 9.17) is 0 Å². The van der Waals surface area contributed by atoms with Crippen LogP contribution in [0.4, 0.5) is 4.39 Å². The molecule has 2 nitrogen and oxygen atoms in total. The number of rotatable bonds is 4. The Morgan fingerprint density at radius 2 is 2.05 bits per heavy atom. The Labute approximate surface area is 122 Å². The van der Waals surface area contributed by atoms with Gasteiger partial charge in [0.05, 0.1) is 5.56 Å². The van der Waals surface area contributed by atoms with Crippen molar-refractivity contribution < 1.29 is 9.18 Å². The highest BCUT2D eigenvalue weighted by molar-refractivity contribution is 7.12. The average Bonchev–Trinajstić information content (AvgIpc) is 2.71. The molecule has 1 amide bonds. The van der Waals surface area contributed by atoms with E-state index in [9.17, 15) is 9.18 Å². The second kappa shape index (κ2) is 6.18. The molecule has 0 aliphatic heterocycles. The highest BCUT2D eigenvalue weighted by atomic mass is 32.1. The van der Waals surface area contributed by atoms with Crippen molar-refractivity contribution in [2.75, 3.05) is 0 Å². The number of nitrogens with one attached hydrogen (secondary N) is 1. The fourth-order valence-corrected chi connectivity index (χ4v) is 3.12. The Hall–Kier alpha value is -1.68. The lowest BCUT2D eigenvalue weighted by Crippen LogP contribution is -2.34. The molecule has 0 bridgehead atoms. The lowest BCUT2D eigenvalue weighted by molar-refractivity contribution is 0.0940. The van der Waals surface area contributed by atoms with E-state index in [1.807, 2.05) is 26.8 Å². The van der Waals surface area contributed by atoms with Gasteiger partial charge in [0.15, 0.2) is 0 Å². The highest BCUT2D eigenvalue weighted by Crippen LogP contribution is 2.20. The van der Waals surface area contributed by atoms with Crippen LogP contribution in [0.2, 0.25) is 0 Å². The van der Waals surface area contributed by atoms with Gasteiger partial charge in [-0.3, -0.25) is 4.79 Å². The summed E-state index contributed by atoms with van der Waals surface area (Å²) in [5.41, 5.74) is 1.34. The number of amides is 1. The summed E-state index contributed by atoms with van der Waals surface area (Å²) < 4.78 is 13.6. The molecule has 4 heteroatoms. The molecule has 0 aliphatic carbocycles. The maximum absolute atomic E-state index is 13.6. The van der Waals surface area contributed by atoms with E-state index in [0.717, 1.165) is 9.75 Å². The summed E-state index contributed by atoms with van der Waals surface area (Å²) in [5, 5.41) is 2.93. The fraction of sp³-hybridized carbons (Fsp3) is 0.312. The van der Waals surface area contributed by atoms with Gasteiger partial charge < -0.3 is 5.32 Å². The summed E-state index contributed by atoms with van der Waals surface area (Å²) in [6.45, 7) is 5.81. The Kier molecular flexibility index (Phi) is 4.55. The molecule has 1 N–H and O–H groups in total. The lowest BCUT2D eigenvalue weighted by atomic mass is 10.1. The van der Waals surface area contributed by atoms with Crippen LogP contribution in [0.1, 0.15) is 32.6 Å². The number of halogens is 1. The minimum absolute atomic E-state index is 0.0873. The van der Waals surface area contributed by atoms with Gasteiger partial charge in [-0.1, -0.05) is 18.2 Å². The molecule has 2 aromatic rings. The van der Waals surface area contributed by atoms with E-state index in [1.54, 1.807) is 29.5 Å². The van der Waals surface area contributed by atoms with Crippen molar-refractivity contribution in [1.82, 2.24) is 5.32 Å². The third-order valence-corrected chi connectivity index (χ3v) is 4.11. The molecule has 1 atom stereocenters. The summed E-state index contributed by atoms with van der Waals surface area (Å²) in [6, 6.07) is 8.44. The Morgan fingerprint density at radius 3 is 2.65 bits per heavy atom. The van der Waals surface area contributed by atoms with Crippen molar-refractivity contribution >= 4 is 17.2 Å². The molecule has 0 saturated carbocycles. The van der Waals surface area contributed by atoms with Crippen molar-refractivity contribution in [3.05, 3.63) is 57.0 Å². The maximum atomic E-state index is 13.6. The van der Waals surface area contributed by atoms with Crippen LogP contribution >= 0.6 is 11.3 Å². The summed E-state index contributed by atoms with van der Waals surface area (Å²) in [6.07, 6.45) is 0.487. The minimum Gasteiger partial charge on any atom is -0.349 e. The van der Waals surface area contributed by atoms with E-state index in [-0.39, 0.29) is 17.8 Å². The second-order valence-corrected chi connectivity index (χ2v) is 6.46. The van der Waals surface area contributed by atoms with Gasteiger partial charge in [-0.2, -0.15) is 0 Å². The van der Waals surface area contributed by atoms with Crippen LogP contribution < -0.4 is 5.32 Å². The summed E-state index contributed by atoms with van der Waals surface area (Å²) in [5.74, 6) is -0.313. The third-order valence-electron chi connectivity index (χ3n) is 3.15. The summed E-state index contributed by atoms with van der Waals surface area (Å²) in [7, 11) is 0. The molecule has 106 valence electrons. The largest absolute Gasteiger partial charge is 0.349 e. The van der Waals surface area contributed by atoms with Crippen LogP contribution in [-0.4, -0.2) is 11.9 Å². The fourth-order valence-electron chi connectivity index (χ4n) is 2.20. The van der Waals surface area contributed by atoms with Gasteiger partial charge in [-0.15, -0.1) is 11.3 Å². The first kappa shape index (κ1) is 14.7. The first-order valence-corrected chi connectivity index (χ1v) is 7.40. The standard InChI is InChI=1S/C16H18FNOS/c1-10(8-13-6-4-5-7-15(13)17)18-16(19)14-9-11(2)20-12(14)3/h4-7,9-10H,8H2,1-3H3,(H,18,19). The average molecular weight is 291 g/mol. The van der Waals surface area contributed by atoms with Crippen LogP contribution in [0.5, 0.6) is 0 Å². The molecule has 1 heterocycles. The zero-order chi connectivity index (χ0) is 14.7. The van der Waals surface area contributed by atoms with Crippen LogP contribution in [0.25, 0.3) is 0 Å². The normalized spacial score (nSPS) is 12.2. The zero-order valence-corrected chi connectivity index (χ0v) is 12.7. The zero-order valence-electron chi connectivity index (χ0n) is 11.9. The van der Waals surface area contributed by atoms with Crippen molar-refractivity contribution in [2.45, 2.75) is 33.2 Å². The van der Waals surface area contributed by atoms with E-state index >= 15 is 0 Å². The van der Waals surface area contributed by atoms with Crippen molar-refractivity contribution in [3.63, 3.8) is 0 Å². The molecular formula is C16H18FNOS. The predicted octanol–water partition coefficient (Wildman–Crippen LogP) is 3.87. The number of thiophene rings is 1. The van der Waals surface area contributed by atoms with E-state index < -0.39 is 0 Å². The molecule has 0 fully saturated rings. The highest BCUT2D eigenvalue weighted by Gasteiger charge is 2.15. The Balaban J connectivity index is 2.01. The monoisotopic (exact) mass is 291 g/mol. The van der Waals surface area contributed by atoms with Crippen molar-refractivity contribution in [2.24, 2.45) is 0 Å². The number of aryl methyl sites for hydroxylation is 2. The Bertz CT molecular complexity index is 621. The molecule has 2 rings (SSSR count). The van der Waals surface area contributed by atoms with Crippen LogP contribution in [-0.2, 0) is 6.42 Å². The summed E-state index contributed by atoms with van der Waals surface area (Å²) >= 11 is 1.61. The molecule has 1 unspecified atom stereocenters. The second-order valence-electron chi connectivity index (χ2n) is 5.00. The van der Waals surface area contributed by atoms with E-state index in [2.05, 4.69) is 5.32 Å². The van der Waals surface area contributed by atoms with Crippen LogP contribution in [0.15, 0.2) is 30.3 Å². The summed E-state index contributed by atoms with van der Waals surface area (Å²) in [4.78, 5) is 14.3. The van der Waals surface area contributed by atoms with Crippen LogP contribution in [0, 0.1) is 19.7 Å². The molecule has 0 saturated heterocycles. The number of hydrogen-bond acceptors (Lipinski definition) is 2. The van der Waals surface area contributed by atoms with Crippen LogP contribution in [0.3, 0.4) is 0 Å². The number of carbonyl (C=O) groups is 1. The van der Waals surface area contributed by atoms with Gasteiger partial charge in [-0.05, 0) is 44.9 Å². The molecular weight excluding hydrogens is 273 g/mol. The quantitative estimate of drug-likeness (QED) is 0.910.